The number of aliphatic hydroxyl groups is 1. The van der Waals surface area contributed by atoms with E-state index in [0.717, 1.165) is 10.6 Å². The molecule has 0 aliphatic rings. The molecule has 1 aromatic heterocycles. The van der Waals surface area contributed by atoms with Crippen molar-refractivity contribution in [3.05, 3.63) is 16.3 Å². The number of hydrogen-bond donors (Lipinski definition) is 3. The first-order valence-corrected chi connectivity index (χ1v) is 6.91. The molecular weight excluding hydrogens is 258 g/mol. The molecule has 0 aromatic carbocycles. The van der Waals surface area contributed by atoms with Gasteiger partial charge in [0, 0.05) is 11.5 Å². The zero-order chi connectivity index (χ0) is 13.1. The number of nitrogens with two attached hydrogens (primary N) is 1. The first kappa shape index (κ1) is 16.0. The van der Waals surface area contributed by atoms with Crippen LogP contribution >= 0.6 is 23.1 Å². The van der Waals surface area contributed by atoms with Gasteiger partial charge in [-0.1, -0.05) is 6.92 Å². The van der Waals surface area contributed by atoms with E-state index in [1.54, 1.807) is 36.2 Å². The standard InChI is InChI=1S/C8H11N3OS2.C2H6O/c1-2-13-6-3-4-14-7(6)5-10-11-8(9)12;1-2-3/h3-5H,2H2,1H3,(H3,9,11,12);3H,2H2,1H3/b10-5+;. The summed E-state index contributed by atoms with van der Waals surface area (Å²) in [7, 11) is 0. The van der Waals surface area contributed by atoms with Crippen molar-refractivity contribution in [3.63, 3.8) is 0 Å². The van der Waals surface area contributed by atoms with Crippen molar-refractivity contribution < 1.29 is 9.90 Å². The molecule has 96 valence electrons. The molecular formula is C10H17N3O2S2. The number of thiophene rings is 1. The fourth-order valence-corrected chi connectivity index (χ4v) is 2.56. The van der Waals surface area contributed by atoms with E-state index in [-0.39, 0.29) is 6.61 Å². The summed E-state index contributed by atoms with van der Waals surface area (Å²) in [5.74, 6) is 1.01. The topological polar surface area (TPSA) is 87.7 Å². The van der Waals surface area contributed by atoms with Gasteiger partial charge in [0.05, 0.1) is 11.1 Å². The summed E-state index contributed by atoms with van der Waals surface area (Å²) in [6.07, 6.45) is 1.60. The molecule has 0 atom stereocenters. The maximum absolute atomic E-state index is 10.3. The van der Waals surface area contributed by atoms with Crippen LogP contribution in [0, 0.1) is 0 Å². The number of carbonyl (C=O) groups is 1. The first-order valence-electron chi connectivity index (χ1n) is 5.05. The third-order valence-electron chi connectivity index (χ3n) is 1.31. The number of aliphatic hydroxyl groups excluding tert-OH is 1. The molecule has 0 saturated heterocycles. The summed E-state index contributed by atoms with van der Waals surface area (Å²) in [5.41, 5.74) is 7.02. The Morgan fingerprint density at radius 1 is 1.71 bits per heavy atom. The van der Waals surface area contributed by atoms with Crippen molar-refractivity contribution in [2.45, 2.75) is 18.7 Å². The Morgan fingerprint density at radius 2 is 2.35 bits per heavy atom. The van der Waals surface area contributed by atoms with Gasteiger partial charge in [0.25, 0.3) is 0 Å². The van der Waals surface area contributed by atoms with Crippen LogP contribution in [0.5, 0.6) is 0 Å². The van der Waals surface area contributed by atoms with Gasteiger partial charge in [0.15, 0.2) is 0 Å². The number of urea groups is 1. The molecule has 1 rings (SSSR count). The number of rotatable bonds is 4. The fourth-order valence-electron chi connectivity index (χ4n) is 0.833. The second-order valence-electron chi connectivity index (χ2n) is 2.63. The molecule has 0 fully saturated rings. The molecule has 0 unspecified atom stereocenters. The van der Waals surface area contributed by atoms with Gasteiger partial charge in [-0.05, 0) is 24.1 Å². The zero-order valence-electron chi connectivity index (χ0n) is 9.84. The number of hydrazone groups is 1. The Bertz CT molecular complexity index is 353. The quantitative estimate of drug-likeness (QED) is 0.445. The minimum absolute atomic E-state index is 0.250. The van der Waals surface area contributed by atoms with Crippen LogP contribution in [-0.2, 0) is 0 Å². The van der Waals surface area contributed by atoms with Gasteiger partial charge in [-0.15, -0.1) is 23.1 Å². The van der Waals surface area contributed by atoms with E-state index in [1.807, 2.05) is 11.4 Å². The van der Waals surface area contributed by atoms with Crippen molar-refractivity contribution in [1.82, 2.24) is 5.43 Å². The van der Waals surface area contributed by atoms with Gasteiger partial charge in [-0.2, -0.15) is 5.10 Å². The molecule has 0 radical (unpaired) electrons. The van der Waals surface area contributed by atoms with E-state index in [1.165, 1.54) is 4.90 Å². The van der Waals surface area contributed by atoms with E-state index < -0.39 is 6.03 Å². The smallest absolute Gasteiger partial charge is 0.332 e. The number of thioether (sulfide) groups is 1. The largest absolute Gasteiger partial charge is 0.397 e. The number of primary amides is 1. The number of amides is 2. The molecule has 0 bridgehead atoms. The Balaban J connectivity index is 0.000000770. The van der Waals surface area contributed by atoms with Crippen LogP contribution in [0.4, 0.5) is 4.79 Å². The molecule has 0 saturated carbocycles. The lowest BCUT2D eigenvalue weighted by Crippen LogP contribution is -2.24. The zero-order valence-corrected chi connectivity index (χ0v) is 11.5. The van der Waals surface area contributed by atoms with Gasteiger partial charge in [0.1, 0.15) is 0 Å². The van der Waals surface area contributed by atoms with E-state index in [4.69, 9.17) is 10.8 Å². The summed E-state index contributed by atoms with van der Waals surface area (Å²) < 4.78 is 0. The van der Waals surface area contributed by atoms with Crippen LogP contribution in [0.3, 0.4) is 0 Å². The Kier molecular flexibility index (Phi) is 9.50. The lowest BCUT2D eigenvalue weighted by molar-refractivity contribution is 0.249. The molecule has 1 aromatic rings. The molecule has 0 aliphatic carbocycles. The normalized spacial score (nSPS) is 9.82. The Hall–Kier alpha value is -1.05. The SMILES string of the molecule is CCO.CCSc1ccsc1/C=N/NC(N)=O. The molecule has 0 aliphatic heterocycles. The highest BCUT2D eigenvalue weighted by atomic mass is 32.2. The lowest BCUT2D eigenvalue weighted by Gasteiger charge is -1.95. The minimum Gasteiger partial charge on any atom is -0.397 e. The predicted octanol–water partition coefficient (Wildman–Crippen LogP) is 1.86. The van der Waals surface area contributed by atoms with Crippen molar-refractivity contribution in [2.75, 3.05) is 12.4 Å². The van der Waals surface area contributed by atoms with E-state index in [9.17, 15) is 4.79 Å². The molecule has 0 spiro atoms. The van der Waals surface area contributed by atoms with Crippen LogP contribution in [-0.4, -0.2) is 29.7 Å². The van der Waals surface area contributed by atoms with Crippen molar-refractivity contribution in [3.8, 4) is 0 Å². The maximum atomic E-state index is 10.3. The average Bonchev–Trinajstić information content (AvgIpc) is 2.67. The summed E-state index contributed by atoms with van der Waals surface area (Å²) >= 11 is 3.32. The highest BCUT2D eigenvalue weighted by Gasteiger charge is 2.00. The van der Waals surface area contributed by atoms with Gasteiger partial charge in [-0.3, -0.25) is 0 Å². The van der Waals surface area contributed by atoms with E-state index >= 15 is 0 Å². The van der Waals surface area contributed by atoms with Crippen LogP contribution in [0.2, 0.25) is 0 Å². The number of nitrogens with one attached hydrogen (secondary N) is 1. The monoisotopic (exact) mass is 275 g/mol. The summed E-state index contributed by atoms with van der Waals surface area (Å²) in [6.45, 7) is 4.02. The summed E-state index contributed by atoms with van der Waals surface area (Å²) in [4.78, 5) is 12.5. The average molecular weight is 275 g/mol. The maximum Gasteiger partial charge on any atom is 0.332 e. The van der Waals surface area contributed by atoms with E-state index in [2.05, 4.69) is 17.5 Å². The molecule has 2 amide bonds. The van der Waals surface area contributed by atoms with E-state index in [0.29, 0.717) is 0 Å². The Morgan fingerprint density at radius 3 is 2.88 bits per heavy atom. The first-order chi connectivity index (χ1) is 8.15. The predicted molar refractivity (Wildman–Crippen MR) is 73.8 cm³/mol. The van der Waals surface area contributed by atoms with Crippen molar-refractivity contribution in [1.29, 1.82) is 0 Å². The summed E-state index contributed by atoms with van der Waals surface area (Å²) in [5, 5.41) is 13.3. The van der Waals surface area contributed by atoms with Gasteiger partial charge in [-0.25, -0.2) is 10.2 Å². The fraction of sp³-hybridized carbons (Fsp3) is 0.400. The molecule has 5 nitrogen and oxygen atoms in total. The highest BCUT2D eigenvalue weighted by molar-refractivity contribution is 7.99. The second kappa shape index (κ2) is 10.1. The van der Waals surface area contributed by atoms with Gasteiger partial charge >= 0.3 is 6.03 Å². The number of carbonyl (C=O) groups excluding carboxylic acids is 1. The molecule has 17 heavy (non-hydrogen) atoms. The third-order valence-corrected chi connectivity index (χ3v) is 3.25. The van der Waals surface area contributed by atoms with Gasteiger partial charge < -0.3 is 10.8 Å². The van der Waals surface area contributed by atoms with Crippen molar-refractivity contribution >= 4 is 35.3 Å². The van der Waals surface area contributed by atoms with Crippen LogP contribution in [0.25, 0.3) is 0 Å². The molecule has 7 heteroatoms. The van der Waals surface area contributed by atoms with Crippen molar-refractivity contribution in [2.24, 2.45) is 10.8 Å². The third kappa shape index (κ3) is 7.78. The van der Waals surface area contributed by atoms with Crippen LogP contribution in [0.1, 0.15) is 18.7 Å². The minimum atomic E-state index is -0.650. The van der Waals surface area contributed by atoms with Crippen LogP contribution < -0.4 is 11.2 Å². The second-order valence-corrected chi connectivity index (χ2v) is 4.89. The number of nitrogens with zero attached hydrogens (tertiary/aromatic N) is 1. The highest BCUT2D eigenvalue weighted by Crippen LogP contribution is 2.25. The Labute approximate surface area is 109 Å². The lowest BCUT2D eigenvalue weighted by atomic mass is 10.5. The molecule has 4 N–H and O–H groups in total. The number of hydrogen-bond acceptors (Lipinski definition) is 5. The summed E-state index contributed by atoms with van der Waals surface area (Å²) in [6, 6.07) is 1.38. The van der Waals surface area contributed by atoms with Crippen LogP contribution in [0.15, 0.2) is 21.4 Å². The van der Waals surface area contributed by atoms with Gasteiger partial charge in [0.2, 0.25) is 0 Å². The molecule has 1 heterocycles.